The SMILES string of the molecule is NCc1ccc(S(=O)(=O)N2CCCOCC2)s1. The van der Waals surface area contributed by atoms with E-state index in [9.17, 15) is 8.42 Å². The predicted molar refractivity (Wildman–Crippen MR) is 66.4 cm³/mol. The minimum atomic E-state index is -3.36. The van der Waals surface area contributed by atoms with E-state index in [0.717, 1.165) is 11.3 Å². The molecule has 1 aromatic rings. The van der Waals surface area contributed by atoms with E-state index >= 15 is 0 Å². The van der Waals surface area contributed by atoms with Gasteiger partial charge in [0.25, 0.3) is 10.0 Å². The van der Waals surface area contributed by atoms with Gasteiger partial charge in [-0.3, -0.25) is 0 Å². The van der Waals surface area contributed by atoms with E-state index < -0.39 is 10.0 Å². The van der Waals surface area contributed by atoms with Gasteiger partial charge in [0.15, 0.2) is 0 Å². The molecule has 0 spiro atoms. The molecule has 1 saturated heterocycles. The summed E-state index contributed by atoms with van der Waals surface area (Å²) in [6, 6.07) is 3.40. The highest BCUT2D eigenvalue weighted by Crippen LogP contribution is 2.25. The van der Waals surface area contributed by atoms with Crippen LogP contribution in [0.3, 0.4) is 0 Å². The van der Waals surface area contributed by atoms with Crippen molar-refractivity contribution >= 4 is 21.4 Å². The van der Waals surface area contributed by atoms with Crippen molar-refractivity contribution in [2.24, 2.45) is 5.73 Å². The highest BCUT2D eigenvalue weighted by atomic mass is 32.2. The first kappa shape index (κ1) is 13.0. The number of nitrogens with two attached hydrogens (primary N) is 1. The van der Waals surface area contributed by atoms with Gasteiger partial charge in [0.2, 0.25) is 0 Å². The highest BCUT2D eigenvalue weighted by molar-refractivity contribution is 7.91. The number of thiophene rings is 1. The molecule has 5 nitrogen and oxygen atoms in total. The summed E-state index contributed by atoms with van der Waals surface area (Å²) in [7, 11) is -3.36. The van der Waals surface area contributed by atoms with Gasteiger partial charge in [-0.05, 0) is 18.6 Å². The number of hydrogen-bond acceptors (Lipinski definition) is 5. The molecule has 0 amide bonds. The van der Waals surface area contributed by atoms with Crippen LogP contribution in [0.4, 0.5) is 0 Å². The van der Waals surface area contributed by atoms with Crippen molar-refractivity contribution in [1.29, 1.82) is 0 Å². The maximum atomic E-state index is 12.3. The van der Waals surface area contributed by atoms with Crippen LogP contribution in [0.15, 0.2) is 16.3 Å². The van der Waals surface area contributed by atoms with Crippen LogP contribution in [0, 0.1) is 0 Å². The summed E-state index contributed by atoms with van der Waals surface area (Å²) in [6.45, 7) is 2.43. The maximum absolute atomic E-state index is 12.3. The Morgan fingerprint density at radius 3 is 2.88 bits per heavy atom. The smallest absolute Gasteiger partial charge is 0.252 e. The van der Waals surface area contributed by atoms with Gasteiger partial charge in [-0.1, -0.05) is 0 Å². The van der Waals surface area contributed by atoms with Crippen LogP contribution in [-0.2, 0) is 21.3 Å². The van der Waals surface area contributed by atoms with Gasteiger partial charge in [0.05, 0.1) is 6.61 Å². The molecule has 1 aliphatic rings. The number of nitrogens with zero attached hydrogens (tertiary/aromatic N) is 1. The van der Waals surface area contributed by atoms with Crippen molar-refractivity contribution in [1.82, 2.24) is 4.31 Å². The molecule has 0 radical (unpaired) electrons. The van der Waals surface area contributed by atoms with Crippen LogP contribution < -0.4 is 5.73 Å². The summed E-state index contributed by atoms with van der Waals surface area (Å²) in [5.41, 5.74) is 5.49. The van der Waals surface area contributed by atoms with Gasteiger partial charge in [0.1, 0.15) is 4.21 Å². The monoisotopic (exact) mass is 276 g/mol. The Hall–Kier alpha value is -0.470. The van der Waals surface area contributed by atoms with Gasteiger partial charge in [-0.2, -0.15) is 4.31 Å². The topological polar surface area (TPSA) is 72.6 Å². The first-order valence-electron chi connectivity index (χ1n) is 5.51. The van der Waals surface area contributed by atoms with Gasteiger partial charge in [-0.25, -0.2) is 8.42 Å². The average molecular weight is 276 g/mol. The molecule has 0 unspecified atom stereocenters. The summed E-state index contributed by atoms with van der Waals surface area (Å²) in [5.74, 6) is 0. The van der Waals surface area contributed by atoms with Gasteiger partial charge in [-0.15, -0.1) is 11.3 Å². The summed E-state index contributed by atoms with van der Waals surface area (Å²) >= 11 is 1.24. The Morgan fingerprint density at radius 2 is 2.18 bits per heavy atom. The number of rotatable bonds is 3. The summed E-state index contributed by atoms with van der Waals surface area (Å²) in [4.78, 5) is 0.884. The second-order valence-electron chi connectivity index (χ2n) is 3.79. The molecule has 0 atom stereocenters. The molecule has 2 N–H and O–H groups in total. The van der Waals surface area contributed by atoms with Crippen LogP contribution in [0.2, 0.25) is 0 Å². The van der Waals surface area contributed by atoms with Gasteiger partial charge >= 0.3 is 0 Å². The zero-order chi connectivity index (χ0) is 12.3. The van der Waals surface area contributed by atoms with Crippen molar-refractivity contribution in [2.45, 2.75) is 17.2 Å². The second-order valence-corrected chi connectivity index (χ2v) is 7.13. The Morgan fingerprint density at radius 1 is 1.35 bits per heavy atom. The molecular weight excluding hydrogens is 260 g/mol. The normalized spacial score (nSPS) is 19.1. The quantitative estimate of drug-likeness (QED) is 0.878. The number of ether oxygens (including phenoxy) is 1. The molecule has 1 aliphatic heterocycles. The molecule has 1 aromatic heterocycles. The van der Waals surface area contributed by atoms with E-state index in [2.05, 4.69) is 0 Å². The zero-order valence-electron chi connectivity index (χ0n) is 9.46. The summed E-state index contributed by atoms with van der Waals surface area (Å²) in [5, 5.41) is 0. The lowest BCUT2D eigenvalue weighted by atomic mass is 10.5. The van der Waals surface area contributed by atoms with Crippen molar-refractivity contribution in [3.8, 4) is 0 Å². The van der Waals surface area contributed by atoms with Crippen LogP contribution in [0.1, 0.15) is 11.3 Å². The first-order chi connectivity index (χ1) is 8.14. The van der Waals surface area contributed by atoms with Gasteiger partial charge < -0.3 is 10.5 Å². The van der Waals surface area contributed by atoms with E-state index in [0.29, 0.717) is 37.1 Å². The van der Waals surface area contributed by atoms with E-state index in [1.165, 1.54) is 15.6 Å². The zero-order valence-corrected chi connectivity index (χ0v) is 11.1. The molecule has 0 aliphatic carbocycles. The average Bonchev–Trinajstić information content (AvgIpc) is 2.64. The van der Waals surface area contributed by atoms with Crippen LogP contribution in [-0.4, -0.2) is 39.0 Å². The second kappa shape index (κ2) is 5.45. The Bertz CT molecular complexity index is 462. The lowest BCUT2D eigenvalue weighted by molar-refractivity contribution is 0.148. The third-order valence-electron chi connectivity index (χ3n) is 2.61. The van der Waals surface area contributed by atoms with Crippen LogP contribution >= 0.6 is 11.3 Å². The van der Waals surface area contributed by atoms with Crippen molar-refractivity contribution in [3.05, 3.63) is 17.0 Å². The van der Waals surface area contributed by atoms with Crippen molar-refractivity contribution < 1.29 is 13.2 Å². The third kappa shape index (κ3) is 2.86. The minimum Gasteiger partial charge on any atom is -0.380 e. The number of sulfonamides is 1. The largest absolute Gasteiger partial charge is 0.380 e. The summed E-state index contributed by atoms with van der Waals surface area (Å²) in [6.07, 6.45) is 0.744. The molecule has 0 saturated carbocycles. The predicted octanol–water partition coefficient (Wildman–Crippen LogP) is 0.618. The van der Waals surface area contributed by atoms with Crippen molar-refractivity contribution in [3.63, 3.8) is 0 Å². The molecule has 7 heteroatoms. The fourth-order valence-electron chi connectivity index (χ4n) is 1.70. The molecular formula is C10H16N2O3S2. The third-order valence-corrected chi connectivity index (χ3v) is 6.09. The number of hydrogen-bond donors (Lipinski definition) is 1. The lowest BCUT2D eigenvalue weighted by Crippen LogP contribution is -2.32. The van der Waals surface area contributed by atoms with Gasteiger partial charge in [0, 0.05) is 31.1 Å². The lowest BCUT2D eigenvalue weighted by Gasteiger charge is -2.17. The highest BCUT2D eigenvalue weighted by Gasteiger charge is 2.26. The molecule has 96 valence electrons. The van der Waals surface area contributed by atoms with E-state index in [1.807, 2.05) is 0 Å². The van der Waals surface area contributed by atoms with E-state index in [4.69, 9.17) is 10.5 Å². The molecule has 2 rings (SSSR count). The Kier molecular flexibility index (Phi) is 4.16. The minimum absolute atomic E-state index is 0.375. The molecule has 2 heterocycles. The van der Waals surface area contributed by atoms with E-state index in [-0.39, 0.29) is 0 Å². The maximum Gasteiger partial charge on any atom is 0.252 e. The fourth-order valence-corrected chi connectivity index (χ4v) is 4.55. The first-order valence-corrected chi connectivity index (χ1v) is 7.77. The fraction of sp³-hybridized carbons (Fsp3) is 0.600. The van der Waals surface area contributed by atoms with Crippen LogP contribution in [0.5, 0.6) is 0 Å². The van der Waals surface area contributed by atoms with Crippen molar-refractivity contribution in [2.75, 3.05) is 26.3 Å². The molecule has 0 bridgehead atoms. The van der Waals surface area contributed by atoms with Crippen LogP contribution in [0.25, 0.3) is 0 Å². The molecule has 1 fully saturated rings. The molecule has 17 heavy (non-hydrogen) atoms. The Balaban J connectivity index is 2.22. The Labute approximate surface area is 105 Å². The molecule has 0 aromatic carbocycles. The van der Waals surface area contributed by atoms with E-state index in [1.54, 1.807) is 12.1 Å². The summed E-state index contributed by atoms with van der Waals surface area (Å²) < 4.78 is 31.7. The standard InChI is InChI=1S/C10H16N2O3S2/c11-8-9-2-3-10(16-9)17(13,14)12-4-1-6-15-7-5-12/h2-3H,1,4-8,11H2.